The summed E-state index contributed by atoms with van der Waals surface area (Å²) in [6.07, 6.45) is 0.211. The van der Waals surface area contributed by atoms with Crippen LogP contribution >= 0.6 is 23.1 Å². The molecule has 3 amide bonds. The summed E-state index contributed by atoms with van der Waals surface area (Å²) in [7, 11) is 0. The van der Waals surface area contributed by atoms with Crippen molar-refractivity contribution < 1.29 is 24.3 Å². The van der Waals surface area contributed by atoms with Crippen LogP contribution in [0, 0.1) is 11.3 Å². The Hall–Kier alpha value is -3.36. The number of carbonyl (C=O) groups is 4. The van der Waals surface area contributed by atoms with Gasteiger partial charge in [0.1, 0.15) is 11.1 Å². The van der Waals surface area contributed by atoms with Gasteiger partial charge in [-0.05, 0) is 37.1 Å². The van der Waals surface area contributed by atoms with E-state index in [1.54, 1.807) is 30.0 Å². The van der Waals surface area contributed by atoms with Gasteiger partial charge in [0.05, 0.1) is 23.8 Å². The van der Waals surface area contributed by atoms with E-state index in [0.29, 0.717) is 35.8 Å². The summed E-state index contributed by atoms with van der Waals surface area (Å²) in [5.74, 6) is -1.72. The number of nitrogens with zero attached hydrogens (tertiary/aromatic N) is 2. The van der Waals surface area contributed by atoms with E-state index in [4.69, 9.17) is 5.11 Å². The molecule has 0 saturated carbocycles. The maximum atomic E-state index is 12.9. The molecular weight excluding hydrogens is 476 g/mol. The summed E-state index contributed by atoms with van der Waals surface area (Å²) in [6.45, 7) is 4.25. The largest absolute Gasteiger partial charge is 0.481 e. The number of carboxylic acid groups (broad SMARTS) is 1. The van der Waals surface area contributed by atoms with Gasteiger partial charge in [0.15, 0.2) is 0 Å². The quantitative estimate of drug-likeness (QED) is 0.472. The average molecular weight is 501 g/mol. The minimum Gasteiger partial charge on any atom is -0.481 e. The van der Waals surface area contributed by atoms with Gasteiger partial charge in [-0.15, -0.1) is 23.1 Å². The molecule has 0 aliphatic carbocycles. The lowest BCUT2D eigenvalue weighted by Gasteiger charge is -2.25. The van der Waals surface area contributed by atoms with Crippen molar-refractivity contribution in [3.8, 4) is 6.07 Å². The van der Waals surface area contributed by atoms with Gasteiger partial charge < -0.3 is 20.6 Å². The lowest BCUT2D eigenvalue weighted by atomic mass is 10.0. The van der Waals surface area contributed by atoms with Crippen LogP contribution in [0.2, 0.25) is 0 Å². The first kappa shape index (κ1) is 25.3. The maximum absolute atomic E-state index is 12.9. The van der Waals surface area contributed by atoms with Crippen molar-refractivity contribution in [1.29, 1.82) is 5.26 Å². The molecule has 1 unspecified atom stereocenters. The second kappa shape index (κ2) is 11.2. The molecule has 0 radical (unpaired) electrons. The molecular formula is C23H24N4O5S2. The van der Waals surface area contributed by atoms with E-state index < -0.39 is 17.1 Å². The van der Waals surface area contributed by atoms with Crippen LogP contribution in [0.4, 0.5) is 10.7 Å². The monoisotopic (exact) mass is 500 g/mol. The van der Waals surface area contributed by atoms with Gasteiger partial charge in [-0.2, -0.15) is 5.26 Å². The molecule has 34 heavy (non-hydrogen) atoms. The van der Waals surface area contributed by atoms with Crippen LogP contribution in [-0.4, -0.2) is 45.5 Å². The molecule has 0 spiro atoms. The number of aliphatic carboxylic acids is 1. The highest BCUT2D eigenvalue weighted by Crippen LogP contribution is 2.37. The van der Waals surface area contributed by atoms with Gasteiger partial charge in [-0.3, -0.25) is 19.2 Å². The molecule has 0 bridgehead atoms. The van der Waals surface area contributed by atoms with Crippen LogP contribution < -0.4 is 10.6 Å². The van der Waals surface area contributed by atoms with Crippen LogP contribution in [0.15, 0.2) is 29.2 Å². The number of amides is 3. The number of thiophene rings is 1. The summed E-state index contributed by atoms with van der Waals surface area (Å²) < 4.78 is 0. The Kier molecular flexibility index (Phi) is 8.31. The first-order valence-corrected chi connectivity index (χ1v) is 12.3. The molecule has 1 atom stereocenters. The van der Waals surface area contributed by atoms with Crippen LogP contribution in [-0.2, 0) is 32.1 Å². The fourth-order valence-corrected chi connectivity index (χ4v) is 5.58. The van der Waals surface area contributed by atoms with E-state index >= 15 is 0 Å². The SMILES string of the molecule is CC(=O)N1CCc2c(sc(NC(=O)C(C)Sc3cccc(NC(=O)CCC(=O)O)c3)c2C#N)C1. The molecule has 2 heterocycles. The normalized spacial score (nSPS) is 13.4. The molecule has 178 valence electrons. The van der Waals surface area contributed by atoms with Crippen molar-refractivity contribution in [3.05, 3.63) is 40.3 Å². The summed E-state index contributed by atoms with van der Waals surface area (Å²) in [4.78, 5) is 50.4. The third kappa shape index (κ3) is 6.36. The highest BCUT2D eigenvalue weighted by atomic mass is 32.2. The maximum Gasteiger partial charge on any atom is 0.303 e. The summed E-state index contributed by atoms with van der Waals surface area (Å²) in [5.41, 5.74) is 1.87. The van der Waals surface area contributed by atoms with E-state index in [0.717, 1.165) is 15.3 Å². The minimum absolute atomic E-state index is 0.0199. The third-order valence-corrected chi connectivity index (χ3v) is 7.44. The molecule has 9 nitrogen and oxygen atoms in total. The van der Waals surface area contributed by atoms with Gasteiger partial charge in [0.2, 0.25) is 17.7 Å². The highest BCUT2D eigenvalue weighted by molar-refractivity contribution is 8.00. The number of benzene rings is 1. The molecule has 1 aromatic heterocycles. The van der Waals surface area contributed by atoms with Gasteiger partial charge in [-0.25, -0.2) is 0 Å². The smallest absolute Gasteiger partial charge is 0.303 e. The molecule has 1 aromatic carbocycles. The first-order valence-electron chi connectivity index (χ1n) is 10.6. The number of thioether (sulfide) groups is 1. The van der Waals surface area contributed by atoms with E-state index in [9.17, 15) is 24.4 Å². The van der Waals surface area contributed by atoms with Gasteiger partial charge >= 0.3 is 5.97 Å². The fraction of sp³-hybridized carbons (Fsp3) is 0.348. The molecule has 3 rings (SSSR count). The Bertz CT molecular complexity index is 1170. The molecule has 11 heteroatoms. The average Bonchev–Trinajstić information content (AvgIpc) is 3.13. The van der Waals surface area contributed by atoms with Crippen LogP contribution in [0.3, 0.4) is 0 Å². The van der Waals surface area contributed by atoms with Crippen LogP contribution in [0.1, 0.15) is 42.7 Å². The van der Waals surface area contributed by atoms with E-state index in [2.05, 4.69) is 16.7 Å². The number of fused-ring (bicyclic) bond motifs is 1. The second-order valence-corrected chi connectivity index (χ2v) is 10.2. The molecule has 0 saturated heterocycles. The lowest BCUT2D eigenvalue weighted by Crippen LogP contribution is -2.33. The lowest BCUT2D eigenvalue weighted by molar-refractivity contribution is -0.138. The summed E-state index contributed by atoms with van der Waals surface area (Å²) in [5, 5.41) is 23.9. The van der Waals surface area contributed by atoms with Crippen molar-refractivity contribution >= 4 is 57.5 Å². The van der Waals surface area contributed by atoms with Gasteiger partial charge in [0.25, 0.3) is 0 Å². The van der Waals surface area contributed by atoms with Crippen molar-refractivity contribution in [2.24, 2.45) is 0 Å². The minimum atomic E-state index is -1.04. The van der Waals surface area contributed by atoms with Gasteiger partial charge in [-0.1, -0.05) is 6.07 Å². The molecule has 3 N–H and O–H groups in total. The number of anilines is 2. The molecule has 1 aliphatic rings. The topological polar surface area (TPSA) is 140 Å². The number of rotatable bonds is 8. The van der Waals surface area contributed by atoms with E-state index in [1.165, 1.54) is 30.0 Å². The summed E-state index contributed by atoms with van der Waals surface area (Å²) in [6, 6.07) is 9.14. The summed E-state index contributed by atoms with van der Waals surface area (Å²) >= 11 is 2.62. The first-order chi connectivity index (χ1) is 16.2. The van der Waals surface area contributed by atoms with Gasteiger partial charge in [0, 0.05) is 35.3 Å². The zero-order valence-electron chi connectivity index (χ0n) is 18.7. The molecule has 0 fully saturated rings. The number of carboxylic acids is 1. The zero-order chi connectivity index (χ0) is 24.8. The number of carbonyl (C=O) groups excluding carboxylic acids is 3. The third-order valence-electron chi connectivity index (χ3n) is 5.22. The number of hydrogen-bond donors (Lipinski definition) is 3. The van der Waals surface area contributed by atoms with Crippen molar-refractivity contribution in [3.63, 3.8) is 0 Å². The predicted octanol–water partition coefficient (Wildman–Crippen LogP) is 3.45. The Labute approximate surface area is 205 Å². The van der Waals surface area contributed by atoms with Crippen molar-refractivity contribution in [2.75, 3.05) is 17.2 Å². The molecule has 1 aliphatic heterocycles. The predicted molar refractivity (Wildman–Crippen MR) is 130 cm³/mol. The Morgan fingerprint density at radius 2 is 2.03 bits per heavy atom. The fourth-order valence-electron chi connectivity index (χ4n) is 3.44. The van der Waals surface area contributed by atoms with Crippen LogP contribution in [0.25, 0.3) is 0 Å². The number of nitrogens with one attached hydrogen (secondary N) is 2. The van der Waals surface area contributed by atoms with Crippen molar-refractivity contribution in [1.82, 2.24) is 4.90 Å². The van der Waals surface area contributed by atoms with E-state index in [1.807, 2.05) is 6.07 Å². The number of hydrogen-bond acceptors (Lipinski definition) is 7. The number of nitriles is 1. The standard InChI is InChI=1S/C23H24N4O5S2/c1-13(33-16-5-3-4-15(10-16)25-20(29)6-7-21(30)31)22(32)26-23-18(11-24)17-8-9-27(14(2)28)12-19(17)34-23/h3-5,10,13H,6-9,12H2,1-2H3,(H,25,29)(H,26,32)(H,30,31). The second-order valence-electron chi connectivity index (χ2n) is 7.73. The zero-order valence-corrected chi connectivity index (χ0v) is 20.3. The van der Waals surface area contributed by atoms with Crippen molar-refractivity contribution in [2.45, 2.75) is 49.8 Å². The molecule has 2 aromatic rings. The highest BCUT2D eigenvalue weighted by Gasteiger charge is 2.27. The van der Waals surface area contributed by atoms with Crippen LogP contribution in [0.5, 0.6) is 0 Å². The Morgan fingerprint density at radius 1 is 1.26 bits per heavy atom. The Balaban J connectivity index is 1.64. The van der Waals surface area contributed by atoms with E-state index in [-0.39, 0.29) is 24.7 Å². The Morgan fingerprint density at radius 3 is 2.71 bits per heavy atom.